The number of aliphatic hydroxyl groups excluding tert-OH is 2. The van der Waals surface area contributed by atoms with Crippen LogP contribution in [0.15, 0.2) is 0 Å². The van der Waals surface area contributed by atoms with Crippen molar-refractivity contribution in [2.75, 3.05) is 13.2 Å². The molecule has 68 valence electrons. The second-order valence-corrected chi connectivity index (χ2v) is 2.62. The number of carbonyl (C=O) groups is 1. The van der Waals surface area contributed by atoms with Crippen molar-refractivity contribution in [2.24, 2.45) is 5.41 Å². The standard InChI is InChI=1S/C8H12O4/c1-3-4-12-7(11)8(2,5-9)6-10/h9-10H,5-6H2,1-2H3. The average molecular weight is 172 g/mol. The largest absolute Gasteiger partial charge is 0.395 e. The van der Waals surface area contributed by atoms with Gasteiger partial charge in [-0.1, -0.05) is 5.92 Å². The molecule has 0 aromatic heterocycles. The highest BCUT2D eigenvalue weighted by molar-refractivity contribution is 5.77. The number of ether oxygens (including phenoxy) is 1. The summed E-state index contributed by atoms with van der Waals surface area (Å²) < 4.78 is 4.42. The van der Waals surface area contributed by atoms with E-state index in [1.54, 1.807) is 0 Å². The van der Waals surface area contributed by atoms with Gasteiger partial charge in [-0.25, -0.2) is 0 Å². The third-order valence-corrected chi connectivity index (χ3v) is 1.44. The van der Waals surface area contributed by atoms with Crippen LogP contribution < -0.4 is 0 Å². The predicted octanol–water partition coefficient (Wildman–Crippen LogP) is -0.499. The molecule has 2 N–H and O–H groups in total. The number of carbonyl (C=O) groups excluding carboxylic acids is 1. The van der Waals surface area contributed by atoms with Crippen molar-refractivity contribution in [3.05, 3.63) is 0 Å². The topological polar surface area (TPSA) is 66.8 Å². The molecule has 0 amide bonds. The molecule has 0 aliphatic rings. The molecule has 0 saturated carbocycles. The van der Waals surface area contributed by atoms with Gasteiger partial charge in [0.25, 0.3) is 0 Å². The van der Waals surface area contributed by atoms with Crippen LogP contribution in [0.25, 0.3) is 0 Å². The first-order valence-electron chi connectivity index (χ1n) is 3.45. The Balaban J connectivity index is 4.28. The van der Waals surface area contributed by atoms with Crippen LogP contribution in [0, 0.1) is 17.4 Å². The Morgan fingerprint density at radius 2 is 2.00 bits per heavy atom. The number of rotatable bonds is 3. The van der Waals surface area contributed by atoms with Gasteiger partial charge in [0.05, 0.1) is 13.2 Å². The first kappa shape index (κ1) is 11.0. The van der Waals surface area contributed by atoms with Crippen molar-refractivity contribution < 1.29 is 19.7 Å². The van der Waals surface area contributed by atoms with Gasteiger partial charge in [-0.05, 0) is 6.92 Å². The third-order valence-electron chi connectivity index (χ3n) is 1.44. The molecule has 4 nitrogen and oxygen atoms in total. The molecule has 0 atom stereocenters. The molecule has 0 rings (SSSR count). The minimum absolute atomic E-state index is 0.465. The highest BCUT2D eigenvalue weighted by atomic mass is 16.5. The summed E-state index contributed by atoms with van der Waals surface area (Å²) in [6.07, 6.45) is 2.10. The van der Waals surface area contributed by atoms with Gasteiger partial charge in [0.1, 0.15) is 11.5 Å². The zero-order valence-electron chi connectivity index (χ0n) is 7.13. The highest BCUT2D eigenvalue weighted by Gasteiger charge is 2.33. The zero-order valence-corrected chi connectivity index (χ0v) is 7.13. The molecule has 0 bridgehead atoms. The van der Waals surface area contributed by atoms with Crippen LogP contribution in [0.5, 0.6) is 0 Å². The van der Waals surface area contributed by atoms with Gasteiger partial charge < -0.3 is 14.9 Å². The molecule has 0 heterocycles. The maximum Gasteiger partial charge on any atom is 0.330 e. The molecule has 0 fully saturated rings. The molecule has 0 spiro atoms. The lowest BCUT2D eigenvalue weighted by Gasteiger charge is -2.19. The number of esters is 1. The third kappa shape index (κ3) is 2.53. The van der Waals surface area contributed by atoms with Gasteiger partial charge in [-0.2, -0.15) is 0 Å². The summed E-state index contributed by atoms with van der Waals surface area (Å²) in [6.45, 7) is 1.98. The summed E-state index contributed by atoms with van der Waals surface area (Å²) in [6, 6.07) is 0. The molecule has 0 aromatic rings. The number of hydrogen-bond acceptors (Lipinski definition) is 4. The molecule has 12 heavy (non-hydrogen) atoms. The van der Waals surface area contributed by atoms with Crippen LogP contribution in [0.2, 0.25) is 0 Å². The van der Waals surface area contributed by atoms with E-state index in [-0.39, 0.29) is 0 Å². The fourth-order valence-corrected chi connectivity index (χ4v) is 0.400. The van der Waals surface area contributed by atoms with Crippen LogP contribution in [0.3, 0.4) is 0 Å². The Kier molecular flexibility index (Phi) is 4.34. The van der Waals surface area contributed by atoms with Gasteiger partial charge >= 0.3 is 5.97 Å². The van der Waals surface area contributed by atoms with Gasteiger partial charge in [-0.3, -0.25) is 4.79 Å². The lowest BCUT2D eigenvalue weighted by atomic mass is 9.93. The van der Waals surface area contributed by atoms with Crippen LogP contribution in [-0.4, -0.2) is 29.4 Å². The summed E-state index contributed by atoms with van der Waals surface area (Å²) in [5.41, 5.74) is -1.26. The Morgan fingerprint density at radius 3 is 2.33 bits per heavy atom. The van der Waals surface area contributed by atoms with Crippen LogP contribution in [0.4, 0.5) is 0 Å². The summed E-state index contributed by atoms with van der Waals surface area (Å²) in [7, 11) is 0. The van der Waals surface area contributed by atoms with Crippen molar-refractivity contribution in [1.29, 1.82) is 0 Å². The average Bonchev–Trinajstić information content (AvgIpc) is 2.12. The summed E-state index contributed by atoms with van der Waals surface area (Å²) in [5, 5.41) is 17.5. The van der Waals surface area contributed by atoms with Gasteiger partial charge in [0, 0.05) is 6.92 Å². The minimum atomic E-state index is -1.26. The zero-order chi connectivity index (χ0) is 9.61. The first-order chi connectivity index (χ1) is 5.60. The van der Waals surface area contributed by atoms with E-state index in [4.69, 9.17) is 10.2 Å². The fourth-order valence-electron chi connectivity index (χ4n) is 0.400. The first-order valence-corrected chi connectivity index (χ1v) is 3.45. The SMILES string of the molecule is CC#COC(=O)C(C)(CO)CO. The summed E-state index contributed by atoms with van der Waals surface area (Å²) >= 11 is 0. The van der Waals surface area contributed by atoms with E-state index in [2.05, 4.69) is 16.8 Å². The second-order valence-electron chi connectivity index (χ2n) is 2.62. The maximum atomic E-state index is 11.0. The van der Waals surface area contributed by atoms with Crippen molar-refractivity contribution in [3.8, 4) is 12.0 Å². The van der Waals surface area contributed by atoms with E-state index in [0.29, 0.717) is 0 Å². The molecular formula is C8H12O4. The predicted molar refractivity (Wildman–Crippen MR) is 41.8 cm³/mol. The van der Waals surface area contributed by atoms with Crippen molar-refractivity contribution >= 4 is 5.97 Å². The Bertz CT molecular complexity index is 207. The minimum Gasteiger partial charge on any atom is -0.395 e. The van der Waals surface area contributed by atoms with Crippen molar-refractivity contribution in [1.82, 2.24) is 0 Å². The lowest BCUT2D eigenvalue weighted by Crippen LogP contribution is -2.36. The van der Waals surface area contributed by atoms with E-state index in [9.17, 15) is 4.79 Å². The monoisotopic (exact) mass is 172 g/mol. The van der Waals surface area contributed by atoms with E-state index in [1.807, 2.05) is 0 Å². The molecule has 0 saturated heterocycles. The quantitative estimate of drug-likeness (QED) is 0.445. The second kappa shape index (κ2) is 4.75. The molecule has 0 aromatic carbocycles. The number of hydrogen-bond donors (Lipinski definition) is 2. The Morgan fingerprint density at radius 1 is 1.50 bits per heavy atom. The Hall–Kier alpha value is -1.05. The maximum absolute atomic E-state index is 11.0. The van der Waals surface area contributed by atoms with Crippen LogP contribution in [-0.2, 0) is 9.53 Å². The lowest BCUT2D eigenvalue weighted by molar-refractivity contribution is -0.152. The van der Waals surface area contributed by atoms with E-state index >= 15 is 0 Å². The van der Waals surface area contributed by atoms with Gasteiger partial charge in [0.15, 0.2) is 0 Å². The van der Waals surface area contributed by atoms with E-state index in [1.165, 1.54) is 13.8 Å². The summed E-state index contributed by atoms with van der Waals surface area (Å²) in [4.78, 5) is 11.0. The van der Waals surface area contributed by atoms with Crippen molar-refractivity contribution in [2.45, 2.75) is 13.8 Å². The molecular weight excluding hydrogens is 160 g/mol. The van der Waals surface area contributed by atoms with E-state index < -0.39 is 24.6 Å². The van der Waals surface area contributed by atoms with Crippen molar-refractivity contribution in [3.63, 3.8) is 0 Å². The van der Waals surface area contributed by atoms with Gasteiger partial charge in [0.2, 0.25) is 0 Å². The molecule has 0 unspecified atom stereocenters. The normalized spacial score (nSPS) is 10.0. The molecule has 0 radical (unpaired) electrons. The highest BCUT2D eigenvalue weighted by Crippen LogP contribution is 2.15. The molecule has 0 aliphatic heterocycles. The smallest absolute Gasteiger partial charge is 0.330 e. The van der Waals surface area contributed by atoms with E-state index in [0.717, 1.165) is 0 Å². The van der Waals surface area contributed by atoms with Crippen LogP contribution >= 0.6 is 0 Å². The fraction of sp³-hybridized carbons (Fsp3) is 0.625. The Labute approximate surface area is 71.2 Å². The number of aliphatic hydroxyl groups is 2. The molecule has 0 aliphatic carbocycles. The van der Waals surface area contributed by atoms with Crippen LogP contribution in [0.1, 0.15) is 13.8 Å². The summed E-state index contributed by atoms with van der Waals surface area (Å²) in [5.74, 6) is 1.64. The van der Waals surface area contributed by atoms with Gasteiger partial charge in [-0.15, -0.1) is 0 Å². The molecule has 4 heteroatoms.